The van der Waals surface area contributed by atoms with Crippen molar-refractivity contribution in [3.05, 3.63) is 12.2 Å². The van der Waals surface area contributed by atoms with Gasteiger partial charge >= 0.3 is 0 Å². The van der Waals surface area contributed by atoms with E-state index in [4.69, 9.17) is 0 Å². The maximum Gasteiger partial charge on any atom is 0.141 e. The highest BCUT2D eigenvalue weighted by Gasteiger charge is 2.23. The van der Waals surface area contributed by atoms with Crippen LogP contribution in [0.4, 0.5) is 0 Å². The van der Waals surface area contributed by atoms with Crippen molar-refractivity contribution >= 4 is 6.29 Å². The second-order valence-corrected chi connectivity index (χ2v) is 5.42. The van der Waals surface area contributed by atoms with E-state index in [1.807, 2.05) is 4.68 Å². The molecule has 5 heteroatoms. The maximum absolute atomic E-state index is 11.1. The first kappa shape index (κ1) is 13.2. The van der Waals surface area contributed by atoms with Crippen LogP contribution in [-0.2, 0) is 17.9 Å². The fourth-order valence-electron chi connectivity index (χ4n) is 2.46. The Balaban J connectivity index is 2.03. The maximum atomic E-state index is 11.1. The molecule has 1 aromatic heterocycles. The molecule has 18 heavy (non-hydrogen) atoms. The summed E-state index contributed by atoms with van der Waals surface area (Å²) in [4.78, 5) is 17.6. The Labute approximate surface area is 108 Å². The van der Waals surface area contributed by atoms with Crippen LogP contribution in [-0.4, -0.2) is 38.5 Å². The molecule has 5 nitrogen and oxygen atoms in total. The molecule has 0 amide bonds. The summed E-state index contributed by atoms with van der Waals surface area (Å²) >= 11 is 0. The van der Waals surface area contributed by atoms with Gasteiger partial charge in [0.2, 0.25) is 0 Å². The van der Waals surface area contributed by atoms with Crippen LogP contribution >= 0.6 is 0 Å². The van der Waals surface area contributed by atoms with Gasteiger partial charge in [0.15, 0.2) is 0 Å². The van der Waals surface area contributed by atoms with E-state index in [1.54, 1.807) is 6.33 Å². The molecule has 100 valence electrons. The zero-order valence-electron chi connectivity index (χ0n) is 11.2. The first-order valence-electron chi connectivity index (χ1n) is 6.76. The normalized spacial score (nSPS) is 21.4. The topological polar surface area (TPSA) is 51.0 Å². The van der Waals surface area contributed by atoms with Crippen LogP contribution in [0, 0.1) is 5.92 Å². The van der Waals surface area contributed by atoms with Gasteiger partial charge in [-0.1, -0.05) is 20.3 Å². The number of piperidine rings is 1. The Bertz CT molecular complexity index is 388. The molecule has 1 saturated heterocycles. The molecular formula is C13H22N4O. The lowest BCUT2D eigenvalue weighted by atomic mass is 10.0. The molecule has 2 rings (SSSR count). The quantitative estimate of drug-likeness (QED) is 0.743. The van der Waals surface area contributed by atoms with Gasteiger partial charge in [0, 0.05) is 6.54 Å². The van der Waals surface area contributed by atoms with Crippen LogP contribution in [0.15, 0.2) is 6.33 Å². The molecule has 2 heterocycles. The van der Waals surface area contributed by atoms with Crippen molar-refractivity contribution in [1.29, 1.82) is 0 Å². The van der Waals surface area contributed by atoms with Crippen LogP contribution < -0.4 is 0 Å². The molecule has 1 aromatic rings. The number of carbonyl (C=O) groups excluding carboxylic acids is 1. The van der Waals surface area contributed by atoms with Gasteiger partial charge in [0.05, 0.1) is 12.6 Å². The standard InChI is InChI=1S/C13H22N4O/c1-11(2)7-17-13(14-10-15-17)8-16-6-4-3-5-12(16)9-18/h9-12H,3-8H2,1-2H3. The lowest BCUT2D eigenvalue weighted by Crippen LogP contribution is -2.40. The second kappa shape index (κ2) is 6.09. The highest BCUT2D eigenvalue weighted by atomic mass is 16.1. The van der Waals surface area contributed by atoms with Gasteiger partial charge in [-0.2, -0.15) is 5.10 Å². The molecule has 0 spiro atoms. The summed E-state index contributed by atoms with van der Waals surface area (Å²) in [6.07, 6.45) is 5.98. The molecule has 0 N–H and O–H groups in total. The average Bonchev–Trinajstić information content (AvgIpc) is 2.76. The zero-order valence-corrected chi connectivity index (χ0v) is 11.2. The first-order valence-corrected chi connectivity index (χ1v) is 6.76. The fraction of sp³-hybridized carbons (Fsp3) is 0.769. The van der Waals surface area contributed by atoms with E-state index in [0.717, 1.165) is 44.6 Å². The molecular weight excluding hydrogens is 228 g/mol. The highest BCUT2D eigenvalue weighted by molar-refractivity contribution is 5.57. The van der Waals surface area contributed by atoms with Gasteiger partial charge in [0.1, 0.15) is 18.4 Å². The fourth-order valence-corrected chi connectivity index (χ4v) is 2.46. The third-order valence-corrected chi connectivity index (χ3v) is 3.40. The number of aromatic nitrogens is 3. The monoisotopic (exact) mass is 250 g/mol. The van der Waals surface area contributed by atoms with Crippen LogP contribution in [0.5, 0.6) is 0 Å². The second-order valence-electron chi connectivity index (χ2n) is 5.42. The van der Waals surface area contributed by atoms with E-state index < -0.39 is 0 Å². The van der Waals surface area contributed by atoms with E-state index in [-0.39, 0.29) is 6.04 Å². The summed E-state index contributed by atoms with van der Waals surface area (Å²) in [5.74, 6) is 1.52. The van der Waals surface area contributed by atoms with Gasteiger partial charge in [-0.05, 0) is 25.3 Å². The van der Waals surface area contributed by atoms with E-state index in [1.165, 1.54) is 6.42 Å². The van der Waals surface area contributed by atoms with E-state index in [2.05, 4.69) is 28.8 Å². The molecule has 1 atom stereocenters. The molecule has 1 unspecified atom stereocenters. The molecule has 1 aliphatic heterocycles. The Morgan fingerprint density at radius 1 is 1.50 bits per heavy atom. The molecule has 0 aromatic carbocycles. The summed E-state index contributed by atoms with van der Waals surface area (Å²) in [5.41, 5.74) is 0. The Morgan fingerprint density at radius 3 is 3.06 bits per heavy atom. The number of rotatable bonds is 5. The van der Waals surface area contributed by atoms with Crippen LogP contribution in [0.3, 0.4) is 0 Å². The van der Waals surface area contributed by atoms with Gasteiger partial charge in [-0.25, -0.2) is 9.67 Å². The number of aldehydes is 1. The van der Waals surface area contributed by atoms with Crippen molar-refractivity contribution < 1.29 is 4.79 Å². The number of hydrogen-bond acceptors (Lipinski definition) is 4. The number of hydrogen-bond donors (Lipinski definition) is 0. The van der Waals surface area contributed by atoms with E-state index in [9.17, 15) is 4.79 Å². The minimum Gasteiger partial charge on any atom is -0.302 e. The Kier molecular flexibility index (Phi) is 4.47. The summed E-state index contributed by atoms with van der Waals surface area (Å²) < 4.78 is 1.96. The number of nitrogens with zero attached hydrogens (tertiary/aromatic N) is 4. The molecule has 0 bridgehead atoms. The zero-order chi connectivity index (χ0) is 13.0. The smallest absolute Gasteiger partial charge is 0.141 e. The SMILES string of the molecule is CC(C)Cn1ncnc1CN1CCCCC1C=O. The van der Waals surface area contributed by atoms with Gasteiger partial charge in [0.25, 0.3) is 0 Å². The number of likely N-dealkylation sites (tertiary alicyclic amines) is 1. The van der Waals surface area contributed by atoms with Gasteiger partial charge < -0.3 is 4.79 Å². The molecule has 0 aliphatic carbocycles. The minimum absolute atomic E-state index is 0.0583. The largest absolute Gasteiger partial charge is 0.302 e. The van der Waals surface area contributed by atoms with Crippen molar-refractivity contribution in [2.24, 2.45) is 5.92 Å². The number of carbonyl (C=O) groups is 1. The lowest BCUT2D eigenvalue weighted by molar-refractivity contribution is -0.113. The predicted octanol–water partition coefficient (Wildman–Crippen LogP) is 1.49. The summed E-state index contributed by atoms with van der Waals surface area (Å²) in [6, 6.07) is 0.0583. The summed E-state index contributed by atoms with van der Waals surface area (Å²) in [6.45, 7) is 6.93. The van der Waals surface area contributed by atoms with E-state index >= 15 is 0 Å². The molecule has 1 aliphatic rings. The summed E-state index contributed by atoms with van der Waals surface area (Å²) in [5, 5.41) is 4.26. The summed E-state index contributed by atoms with van der Waals surface area (Å²) in [7, 11) is 0. The van der Waals surface area contributed by atoms with Crippen LogP contribution in [0.2, 0.25) is 0 Å². The van der Waals surface area contributed by atoms with Gasteiger partial charge in [-0.15, -0.1) is 0 Å². The van der Waals surface area contributed by atoms with Crippen molar-refractivity contribution in [3.8, 4) is 0 Å². The Hall–Kier alpha value is -1.23. The van der Waals surface area contributed by atoms with Crippen molar-refractivity contribution in [1.82, 2.24) is 19.7 Å². The van der Waals surface area contributed by atoms with Crippen molar-refractivity contribution in [2.45, 2.75) is 52.2 Å². The van der Waals surface area contributed by atoms with Gasteiger partial charge in [-0.3, -0.25) is 4.90 Å². The third-order valence-electron chi connectivity index (χ3n) is 3.40. The minimum atomic E-state index is 0.0583. The third kappa shape index (κ3) is 3.16. The lowest BCUT2D eigenvalue weighted by Gasteiger charge is -2.31. The first-order chi connectivity index (χ1) is 8.70. The molecule has 0 saturated carbocycles. The van der Waals surface area contributed by atoms with Crippen molar-refractivity contribution in [3.63, 3.8) is 0 Å². The van der Waals surface area contributed by atoms with Crippen LogP contribution in [0.1, 0.15) is 38.9 Å². The predicted molar refractivity (Wildman–Crippen MR) is 69.0 cm³/mol. The highest BCUT2D eigenvalue weighted by Crippen LogP contribution is 2.17. The van der Waals surface area contributed by atoms with E-state index in [0.29, 0.717) is 5.92 Å². The molecule has 1 fully saturated rings. The average molecular weight is 250 g/mol. The van der Waals surface area contributed by atoms with Crippen molar-refractivity contribution in [2.75, 3.05) is 6.54 Å². The Morgan fingerprint density at radius 2 is 2.33 bits per heavy atom. The van der Waals surface area contributed by atoms with Crippen LogP contribution in [0.25, 0.3) is 0 Å². The molecule has 0 radical (unpaired) electrons.